The van der Waals surface area contributed by atoms with Gasteiger partial charge < -0.3 is 15.6 Å². The molecular weight excluding hydrogens is 452 g/mol. The maximum atomic E-state index is 12.9. The van der Waals surface area contributed by atoms with Gasteiger partial charge in [0.05, 0.1) is 4.90 Å². The standard InChI is InChI=1S/C25H30N4O4S/c1-18(30)28-24(15-20-17-26-23-8-4-3-7-22(20)23)25(31)27-16-19-9-11-21(12-10-19)34(32,33)29-13-5-2-6-14-29/h3-4,7-12,17,24,26H,2,5-6,13-16H2,1H3,(H,27,31)(H,28,30)/t24-/m0/s1. The van der Waals surface area contributed by atoms with Crippen molar-refractivity contribution in [2.45, 2.75) is 50.1 Å². The fourth-order valence-electron chi connectivity index (χ4n) is 4.32. The molecule has 0 aliphatic carbocycles. The molecule has 1 aliphatic rings. The Balaban J connectivity index is 1.40. The van der Waals surface area contributed by atoms with Gasteiger partial charge in [-0.2, -0.15) is 4.31 Å². The maximum Gasteiger partial charge on any atom is 0.243 e. The smallest absolute Gasteiger partial charge is 0.243 e. The van der Waals surface area contributed by atoms with E-state index in [1.54, 1.807) is 24.3 Å². The van der Waals surface area contributed by atoms with Crippen molar-refractivity contribution in [2.75, 3.05) is 13.1 Å². The summed E-state index contributed by atoms with van der Waals surface area (Å²) < 4.78 is 27.2. The zero-order valence-corrected chi connectivity index (χ0v) is 20.0. The summed E-state index contributed by atoms with van der Waals surface area (Å²) in [6, 6.07) is 13.7. The molecule has 8 nitrogen and oxygen atoms in total. The van der Waals surface area contributed by atoms with Crippen LogP contribution in [0.15, 0.2) is 59.6 Å². The van der Waals surface area contributed by atoms with Crippen molar-refractivity contribution in [3.63, 3.8) is 0 Å². The van der Waals surface area contributed by atoms with E-state index in [0.717, 1.165) is 41.3 Å². The number of hydrogen-bond acceptors (Lipinski definition) is 4. The van der Waals surface area contributed by atoms with Crippen LogP contribution in [0.3, 0.4) is 0 Å². The molecule has 0 radical (unpaired) electrons. The van der Waals surface area contributed by atoms with Crippen molar-refractivity contribution in [1.29, 1.82) is 0 Å². The Labute approximate surface area is 199 Å². The molecule has 0 unspecified atom stereocenters. The van der Waals surface area contributed by atoms with Gasteiger partial charge in [-0.25, -0.2) is 8.42 Å². The lowest BCUT2D eigenvalue weighted by molar-refractivity contribution is -0.128. The molecule has 1 aliphatic heterocycles. The topological polar surface area (TPSA) is 111 Å². The van der Waals surface area contributed by atoms with Crippen molar-refractivity contribution >= 4 is 32.7 Å². The van der Waals surface area contributed by atoms with E-state index in [-0.39, 0.29) is 23.3 Å². The predicted molar refractivity (Wildman–Crippen MR) is 131 cm³/mol. The van der Waals surface area contributed by atoms with Crippen LogP contribution in [0.4, 0.5) is 0 Å². The molecular formula is C25H30N4O4S. The third kappa shape index (κ3) is 5.48. The molecule has 3 N–H and O–H groups in total. The van der Waals surface area contributed by atoms with Crippen LogP contribution in [0, 0.1) is 0 Å². The van der Waals surface area contributed by atoms with Crippen molar-refractivity contribution < 1.29 is 18.0 Å². The van der Waals surface area contributed by atoms with Gasteiger partial charge in [0, 0.05) is 50.1 Å². The van der Waals surface area contributed by atoms with E-state index in [2.05, 4.69) is 15.6 Å². The van der Waals surface area contributed by atoms with E-state index in [1.165, 1.54) is 11.2 Å². The summed E-state index contributed by atoms with van der Waals surface area (Å²) in [5.74, 6) is -0.585. The summed E-state index contributed by atoms with van der Waals surface area (Å²) in [5, 5.41) is 6.61. The second kappa shape index (κ2) is 10.4. The number of nitrogens with one attached hydrogen (secondary N) is 3. The number of rotatable bonds is 8. The zero-order valence-electron chi connectivity index (χ0n) is 19.2. The van der Waals surface area contributed by atoms with Gasteiger partial charge in [-0.15, -0.1) is 0 Å². The van der Waals surface area contributed by atoms with E-state index in [0.29, 0.717) is 19.5 Å². The number of piperidine rings is 1. The molecule has 1 saturated heterocycles. The average molecular weight is 483 g/mol. The normalized spacial score (nSPS) is 15.7. The van der Waals surface area contributed by atoms with Crippen LogP contribution in [0.1, 0.15) is 37.3 Å². The number of aromatic amines is 1. The van der Waals surface area contributed by atoms with Crippen LogP contribution < -0.4 is 10.6 Å². The Morgan fingerprint density at radius 1 is 1.03 bits per heavy atom. The molecule has 0 spiro atoms. The van der Waals surface area contributed by atoms with E-state index in [4.69, 9.17) is 0 Å². The number of carbonyl (C=O) groups excluding carboxylic acids is 2. The van der Waals surface area contributed by atoms with E-state index in [9.17, 15) is 18.0 Å². The lowest BCUT2D eigenvalue weighted by Gasteiger charge is -2.25. The Morgan fingerprint density at radius 2 is 1.74 bits per heavy atom. The van der Waals surface area contributed by atoms with Gasteiger partial charge >= 0.3 is 0 Å². The number of H-pyrrole nitrogens is 1. The Bertz CT molecular complexity index is 1260. The minimum atomic E-state index is -3.49. The highest BCUT2D eigenvalue weighted by Crippen LogP contribution is 2.21. The van der Waals surface area contributed by atoms with E-state index < -0.39 is 16.1 Å². The van der Waals surface area contributed by atoms with Crippen molar-refractivity contribution in [3.05, 3.63) is 65.9 Å². The fourth-order valence-corrected chi connectivity index (χ4v) is 5.84. The minimum Gasteiger partial charge on any atom is -0.361 e. The number of sulfonamides is 1. The Hall–Kier alpha value is -3.17. The number of fused-ring (bicyclic) bond motifs is 1. The zero-order chi connectivity index (χ0) is 24.1. The Kier molecular flexibility index (Phi) is 7.33. The number of nitrogens with zero attached hydrogens (tertiary/aromatic N) is 1. The molecule has 2 aromatic carbocycles. The molecule has 1 fully saturated rings. The highest BCUT2D eigenvalue weighted by molar-refractivity contribution is 7.89. The predicted octanol–water partition coefficient (Wildman–Crippen LogP) is 2.71. The molecule has 4 rings (SSSR count). The second-order valence-corrected chi connectivity index (χ2v) is 10.6. The molecule has 180 valence electrons. The number of benzene rings is 2. The summed E-state index contributed by atoms with van der Waals surface area (Å²) in [6.07, 6.45) is 5.04. The minimum absolute atomic E-state index is 0.229. The van der Waals surface area contributed by atoms with Crippen LogP contribution >= 0.6 is 0 Å². The van der Waals surface area contributed by atoms with Crippen LogP contribution in [0.25, 0.3) is 10.9 Å². The molecule has 1 aromatic heterocycles. The van der Waals surface area contributed by atoms with Crippen LogP contribution in [0.2, 0.25) is 0 Å². The molecule has 1 atom stereocenters. The first kappa shape index (κ1) is 24.0. The summed E-state index contributed by atoms with van der Waals surface area (Å²) >= 11 is 0. The summed E-state index contributed by atoms with van der Waals surface area (Å²) in [4.78, 5) is 28.1. The van der Waals surface area contributed by atoms with E-state index in [1.807, 2.05) is 30.5 Å². The number of para-hydroxylation sites is 1. The van der Waals surface area contributed by atoms with Crippen molar-refractivity contribution in [1.82, 2.24) is 19.9 Å². The van der Waals surface area contributed by atoms with Crippen LogP contribution in [0.5, 0.6) is 0 Å². The monoisotopic (exact) mass is 482 g/mol. The van der Waals surface area contributed by atoms with Gasteiger partial charge in [-0.1, -0.05) is 36.8 Å². The van der Waals surface area contributed by atoms with Crippen LogP contribution in [-0.2, 0) is 32.6 Å². The molecule has 9 heteroatoms. The highest BCUT2D eigenvalue weighted by atomic mass is 32.2. The summed E-state index contributed by atoms with van der Waals surface area (Å²) in [5.41, 5.74) is 2.69. The lowest BCUT2D eigenvalue weighted by Crippen LogP contribution is -2.47. The Morgan fingerprint density at radius 3 is 2.44 bits per heavy atom. The van der Waals surface area contributed by atoms with Gasteiger partial charge in [-0.05, 0) is 42.2 Å². The SMILES string of the molecule is CC(=O)N[C@@H](Cc1c[nH]c2ccccc12)C(=O)NCc1ccc(S(=O)(=O)N2CCCCC2)cc1. The summed E-state index contributed by atoms with van der Waals surface area (Å²) in [7, 11) is -3.49. The van der Waals surface area contributed by atoms with E-state index >= 15 is 0 Å². The number of hydrogen-bond donors (Lipinski definition) is 3. The van der Waals surface area contributed by atoms with Gasteiger partial charge in [0.2, 0.25) is 21.8 Å². The first-order valence-corrected chi connectivity index (χ1v) is 13.0. The molecule has 0 bridgehead atoms. The third-order valence-corrected chi connectivity index (χ3v) is 8.05. The highest BCUT2D eigenvalue weighted by Gasteiger charge is 2.26. The number of amides is 2. The first-order chi connectivity index (χ1) is 16.3. The molecule has 3 aromatic rings. The third-order valence-electron chi connectivity index (χ3n) is 6.14. The number of carbonyl (C=O) groups is 2. The first-order valence-electron chi connectivity index (χ1n) is 11.5. The van der Waals surface area contributed by atoms with Crippen molar-refractivity contribution in [3.8, 4) is 0 Å². The average Bonchev–Trinajstić information content (AvgIpc) is 3.25. The largest absolute Gasteiger partial charge is 0.361 e. The molecule has 0 saturated carbocycles. The molecule has 34 heavy (non-hydrogen) atoms. The second-order valence-electron chi connectivity index (χ2n) is 8.64. The van der Waals surface area contributed by atoms with Gasteiger partial charge in [0.1, 0.15) is 6.04 Å². The van der Waals surface area contributed by atoms with Gasteiger partial charge in [0.25, 0.3) is 0 Å². The fraction of sp³-hybridized carbons (Fsp3) is 0.360. The molecule has 2 heterocycles. The quantitative estimate of drug-likeness (QED) is 0.458. The lowest BCUT2D eigenvalue weighted by atomic mass is 10.0. The maximum absolute atomic E-state index is 12.9. The van der Waals surface area contributed by atoms with Crippen LogP contribution in [-0.4, -0.2) is 48.7 Å². The van der Waals surface area contributed by atoms with Gasteiger partial charge in [-0.3, -0.25) is 9.59 Å². The van der Waals surface area contributed by atoms with Crippen molar-refractivity contribution in [2.24, 2.45) is 0 Å². The number of aromatic nitrogens is 1. The van der Waals surface area contributed by atoms with Gasteiger partial charge in [0.15, 0.2) is 0 Å². The summed E-state index contributed by atoms with van der Waals surface area (Å²) in [6.45, 7) is 2.73. The molecule has 2 amide bonds.